The largest absolute Gasteiger partial charge is 0.463 e. The van der Waals surface area contributed by atoms with E-state index in [9.17, 15) is 8.78 Å². The minimum absolute atomic E-state index is 0.137. The summed E-state index contributed by atoms with van der Waals surface area (Å²) in [7, 11) is 0. The molecule has 0 amide bonds. The summed E-state index contributed by atoms with van der Waals surface area (Å²) in [6.45, 7) is 0.636. The number of thioether (sulfide) groups is 1. The topological polar surface area (TPSA) is 45.4 Å². The Morgan fingerprint density at radius 3 is 2.48 bits per heavy atom. The Morgan fingerprint density at radius 2 is 1.81 bits per heavy atom. The van der Waals surface area contributed by atoms with Crippen molar-refractivity contribution >= 4 is 17.4 Å². The van der Waals surface area contributed by atoms with Crippen LogP contribution in [0.2, 0.25) is 0 Å². The molecule has 1 heterocycles. The number of aliphatic hydroxyl groups is 1. The quantitative estimate of drug-likeness (QED) is 0.776. The van der Waals surface area contributed by atoms with Crippen LogP contribution in [0.4, 0.5) is 14.5 Å². The van der Waals surface area contributed by atoms with Crippen LogP contribution in [0.1, 0.15) is 17.1 Å². The van der Waals surface area contributed by atoms with E-state index < -0.39 is 5.76 Å². The summed E-state index contributed by atoms with van der Waals surface area (Å²) < 4.78 is 29.6. The first-order valence-electron chi connectivity index (χ1n) is 6.58. The van der Waals surface area contributed by atoms with Crippen molar-refractivity contribution in [3.63, 3.8) is 0 Å². The van der Waals surface area contributed by atoms with Gasteiger partial charge < -0.3 is 14.8 Å². The zero-order valence-electron chi connectivity index (χ0n) is 11.4. The monoisotopic (exact) mass is 313 g/mol. The average molecular weight is 313 g/mol. The van der Waals surface area contributed by atoms with Gasteiger partial charge in [0.1, 0.15) is 11.5 Å². The van der Waals surface area contributed by atoms with Crippen LogP contribution in [-0.2, 0) is 18.7 Å². The first-order valence-corrected chi connectivity index (χ1v) is 7.63. The molecule has 0 aliphatic carbocycles. The fraction of sp³-hybridized carbons (Fsp3) is 0.333. The zero-order chi connectivity index (χ0) is 15.1. The smallest absolute Gasteiger partial charge is 0.284 e. The van der Waals surface area contributed by atoms with Gasteiger partial charge in [0.2, 0.25) is 0 Å². The SMILES string of the molecule is OCCc1ccc(NCc2ccc(CSC(F)F)o2)cc1. The Labute approximate surface area is 126 Å². The van der Waals surface area contributed by atoms with Crippen LogP contribution in [0.3, 0.4) is 0 Å². The van der Waals surface area contributed by atoms with Crippen molar-refractivity contribution in [1.82, 2.24) is 0 Å². The lowest BCUT2D eigenvalue weighted by molar-refractivity contribution is 0.251. The first-order chi connectivity index (χ1) is 10.2. The molecule has 0 fully saturated rings. The number of aliphatic hydroxyl groups excluding tert-OH is 1. The van der Waals surface area contributed by atoms with E-state index >= 15 is 0 Å². The Hall–Kier alpha value is -1.53. The summed E-state index contributed by atoms with van der Waals surface area (Å²) in [5.41, 5.74) is 2.02. The van der Waals surface area contributed by atoms with Crippen molar-refractivity contribution in [3.05, 3.63) is 53.5 Å². The number of hydrogen-bond donors (Lipinski definition) is 2. The van der Waals surface area contributed by atoms with Crippen LogP contribution in [0.25, 0.3) is 0 Å². The van der Waals surface area contributed by atoms with Gasteiger partial charge in [-0.3, -0.25) is 0 Å². The van der Waals surface area contributed by atoms with E-state index in [1.165, 1.54) is 0 Å². The van der Waals surface area contributed by atoms with Gasteiger partial charge in [0.25, 0.3) is 5.76 Å². The molecular formula is C15H17F2NO2S. The number of anilines is 1. The first kappa shape index (κ1) is 15.9. The molecule has 0 radical (unpaired) electrons. The van der Waals surface area contributed by atoms with Gasteiger partial charge in [-0.05, 0) is 36.2 Å². The minimum Gasteiger partial charge on any atom is -0.463 e. The van der Waals surface area contributed by atoms with Crippen molar-refractivity contribution in [2.75, 3.05) is 11.9 Å². The van der Waals surface area contributed by atoms with Gasteiger partial charge in [0.05, 0.1) is 12.3 Å². The number of hydrogen-bond acceptors (Lipinski definition) is 4. The molecular weight excluding hydrogens is 296 g/mol. The molecule has 1 aromatic heterocycles. The number of benzene rings is 1. The molecule has 0 spiro atoms. The molecule has 0 bridgehead atoms. The second-order valence-electron chi connectivity index (χ2n) is 4.46. The van der Waals surface area contributed by atoms with Gasteiger partial charge in [-0.2, -0.15) is 8.78 Å². The van der Waals surface area contributed by atoms with Crippen LogP contribution in [0.15, 0.2) is 40.8 Å². The van der Waals surface area contributed by atoms with E-state index in [0.717, 1.165) is 11.3 Å². The zero-order valence-corrected chi connectivity index (χ0v) is 12.2. The molecule has 2 N–H and O–H groups in total. The summed E-state index contributed by atoms with van der Waals surface area (Å²) in [5, 5.41) is 12.0. The normalized spacial score (nSPS) is 11.0. The van der Waals surface area contributed by atoms with Gasteiger partial charge in [0.15, 0.2) is 0 Å². The number of rotatable bonds is 8. The Kier molecular flexibility index (Phi) is 6.07. The summed E-state index contributed by atoms with van der Waals surface area (Å²) in [6.07, 6.45) is 0.642. The van der Waals surface area contributed by atoms with E-state index in [4.69, 9.17) is 9.52 Å². The van der Waals surface area contributed by atoms with E-state index in [2.05, 4.69) is 5.32 Å². The highest BCUT2D eigenvalue weighted by Crippen LogP contribution is 2.21. The fourth-order valence-electron chi connectivity index (χ4n) is 1.85. The number of furan rings is 1. The third-order valence-electron chi connectivity index (χ3n) is 2.89. The van der Waals surface area contributed by atoms with Crippen LogP contribution in [0.5, 0.6) is 0 Å². The van der Waals surface area contributed by atoms with E-state index in [1.54, 1.807) is 12.1 Å². The molecule has 1 aromatic carbocycles. The molecule has 2 aromatic rings. The molecule has 0 saturated carbocycles. The molecule has 0 aliphatic heterocycles. The molecule has 0 unspecified atom stereocenters. The van der Waals surface area contributed by atoms with Gasteiger partial charge in [-0.1, -0.05) is 23.9 Å². The summed E-state index contributed by atoms with van der Waals surface area (Å²) in [6, 6.07) is 11.3. The summed E-state index contributed by atoms with van der Waals surface area (Å²) in [4.78, 5) is 0. The van der Waals surface area contributed by atoms with Crippen molar-refractivity contribution < 1.29 is 18.3 Å². The highest BCUT2D eigenvalue weighted by molar-refractivity contribution is 7.98. The Balaban J connectivity index is 1.82. The van der Waals surface area contributed by atoms with Crippen molar-refractivity contribution in [2.45, 2.75) is 24.5 Å². The molecule has 114 valence electrons. The van der Waals surface area contributed by atoms with Crippen LogP contribution < -0.4 is 5.32 Å². The molecule has 0 aliphatic rings. The second kappa shape index (κ2) is 8.05. The van der Waals surface area contributed by atoms with Crippen molar-refractivity contribution in [1.29, 1.82) is 0 Å². The highest BCUT2D eigenvalue weighted by atomic mass is 32.2. The maximum Gasteiger partial charge on any atom is 0.284 e. The van der Waals surface area contributed by atoms with Crippen LogP contribution >= 0.6 is 11.8 Å². The molecule has 21 heavy (non-hydrogen) atoms. The van der Waals surface area contributed by atoms with Gasteiger partial charge >= 0.3 is 0 Å². The lowest BCUT2D eigenvalue weighted by atomic mass is 10.1. The van der Waals surface area contributed by atoms with E-state index in [0.29, 0.717) is 36.2 Å². The maximum absolute atomic E-state index is 12.1. The number of alkyl halides is 2. The highest BCUT2D eigenvalue weighted by Gasteiger charge is 2.07. The van der Waals surface area contributed by atoms with Crippen LogP contribution in [0, 0.1) is 0 Å². The third kappa shape index (κ3) is 5.40. The van der Waals surface area contributed by atoms with Crippen molar-refractivity contribution in [2.24, 2.45) is 0 Å². The minimum atomic E-state index is -2.38. The van der Waals surface area contributed by atoms with E-state index in [1.807, 2.05) is 24.3 Å². The predicted molar refractivity (Wildman–Crippen MR) is 80.6 cm³/mol. The predicted octanol–water partition coefficient (Wildman–Crippen LogP) is 3.88. The third-order valence-corrected chi connectivity index (χ3v) is 3.59. The lowest BCUT2D eigenvalue weighted by Gasteiger charge is -2.05. The maximum atomic E-state index is 12.1. The number of nitrogens with one attached hydrogen (secondary N) is 1. The molecule has 2 rings (SSSR count). The Morgan fingerprint density at radius 1 is 1.10 bits per heavy atom. The summed E-state index contributed by atoms with van der Waals surface area (Å²) in [5.74, 6) is -0.947. The molecule has 6 heteroatoms. The second-order valence-corrected chi connectivity index (χ2v) is 5.44. The molecule has 0 saturated heterocycles. The average Bonchev–Trinajstić information content (AvgIpc) is 2.93. The lowest BCUT2D eigenvalue weighted by Crippen LogP contribution is -1.98. The standard InChI is InChI=1S/C15H17F2NO2S/c16-15(17)21-10-14-6-5-13(20-14)9-18-12-3-1-11(2-4-12)7-8-19/h1-6,15,18-19H,7-10H2. The van der Waals surface area contributed by atoms with Crippen LogP contribution in [-0.4, -0.2) is 17.5 Å². The molecule has 0 atom stereocenters. The van der Waals surface area contributed by atoms with Gasteiger partial charge in [-0.25, -0.2) is 0 Å². The van der Waals surface area contributed by atoms with Crippen molar-refractivity contribution in [3.8, 4) is 0 Å². The fourth-order valence-corrected chi connectivity index (χ4v) is 2.29. The molecule has 3 nitrogen and oxygen atoms in total. The van der Waals surface area contributed by atoms with E-state index in [-0.39, 0.29) is 12.4 Å². The number of halogens is 2. The van der Waals surface area contributed by atoms with Gasteiger partial charge in [0, 0.05) is 12.3 Å². The summed E-state index contributed by atoms with van der Waals surface area (Å²) >= 11 is 0.550. The Bertz CT molecular complexity index is 543. The van der Waals surface area contributed by atoms with Gasteiger partial charge in [-0.15, -0.1) is 0 Å².